The van der Waals surface area contributed by atoms with E-state index in [0.29, 0.717) is 0 Å². The number of fused-ring (bicyclic) bond motifs is 2. The maximum Gasteiger partial charge on any atom is 0.261 e. The van der Waals surface area contributed by atoms with Crippen molar-refractivity contribution in [3.63, 3.8) is 0 Å². The number of amides is 1. The van der Waals surface area contributed by atoms with Crippen LogP contribution in [0.1, 0.15) is 56.9 Å². The zero-order valence-corrected chi connectivity index (χ0v) is 18.0. The monoisotopic (exact) mass is 396 g/mol. The molecule has 2 aromatic rings. The molecule has 0 atom stereocenters. The van der Waals surface area contributed by atoms with E-state index in [9.17, 15) is 4.79 Å². The van der Waals surface area contributed by atoms with E-state index in [1.807, 2.05) is 0 Å². The average Bonchev–Trinajstić information content (AvgIpc) is 3.20. The highest BCUT2D eigenvalue weighted by Gasteiger charge is 2.38. The predicted molar refractivity (Wildman–Crippen MR) is 117 cm³/mol. The zero-order valence-electron chi connectivity index (χ0n) is 17.2. The SMILES string of the molecule is CN(C)CC1(CNC(=O)c2cc3c(s2)CCCCCC3)Cc2ccccc2C1. The summed E-state index contributed by atoms with van der Waals surface area (Å²) in [5, 5.41) is 3.31. The molecule has 0 saturated carbocycles. The molecular formula is C24H32N2OS. The normalized spacial score (nSPS) is 18.2. The Hall–Kier alpha value is -1.65. The lowest BCUT2D eigenvalue weighted by molar-refractivity contribution is 0.0923. The lowest BCUT2D eigenvalue weighted by atomic mass is 9.84. The Bertz CT molecular complexity index is 788. The Labute approximate surface area is 173 Å². The summed E-state index contributed by atoms with van der Waals surface area (Å²) in [6, 6.07) is 10.9. The van der Waals surface area contributed by atoms with E-state index >= 15 is 0 Å². The van der Waals surface area contributed by atoms with E-state index < -0.39 is 0 Å². The summed E-state index contributed by atoms with van der Waals surface area (Å²) in [7, 11) is 4.26. The summed E-state index contributed by atoms with van der Waals surface area (Å²) in [5.74, 6) is 0.117. The van der Waals surface area contributed by atoms with Crippen molar-refractivity contribution in [1.29, 1.82) is 0 Å². The molecule has 0 saturated heterocycles. The number of nitrogens with one attached hydrogen (secondary N) is 1. The maximum atomic E-state index is 13.0. The highest BCUT2D eigenvalue weighted by Crippen LogP contribution is 2.37. The van der Waals surface area contributed by atoms with Gasteiger partial charge in [0.15, 0.2) is 0 Å². The molecule has 28 heavy (non-hydrogen) atoms. The van der Waals surface area contributed by atoms with Crippen LogP contribution in [0.3, 0.4) is 0 Å². The summed E-state index contributed by atoms with van der Waals surface area (Å²) in [4.78, 5) is 17.6. The number of carbonyl (C=O) groups excluding carboxylic acids is 1. The van der Waals surface area contributed by atoms with Crippen LogP contribution >= 0.6 is 11.3 Å². The second kappa shape index (κ2) is 8.38. The van der Waals surface area contributed by atoms with Crippen molar-refractivity contribution in [1.82, 2.24) is 10.2 Å². The Morgan fingerprint density at radius 3 is 2.39 bits per heavy atom. The van der Waals surface area contributed by atoms with E-state index in [1.54, 1.807) is 11.3 Å². The number of carbonyl (C=O) groups is 1. The van der Waals surface area contributed by atoms with E-state index in [4.69, 9.17) is 0 Å². The molecule has 2 aliphatic rings. The molecule has 150 valence electrons. The van der Waals surface area contributed by atoms with Crippen LogP contribution in [0, 0.1) is 5.41 Å². The van der Waals surface area contributed by atoms with Crippen molar-refractivity contribution >= 4 is 17.2 Å². The molecule has 0 bridgehead atoms. The van der Waals surface area contributed by atoms with Gasteiger partial charge in [-0.2, -0.15) is 0 Å². The van der Waals surface area contributed by atoms with Gasteiger partial charge in [0, 0.05) is 23.4 Å². The van der Waals surface area contributed by atoms with Crippen LogP contribution in [-0.4, -0.2) is 38.0 Å². The van der Waals surface area contributed by atoms with Crippen molar-refractivity contribution in [3.05, 3.63) is 56.8 Å². The molecule has 0 unspecified atom stereocenters. The summed E-state index contributed by atoms with van der Waals surface area (Å²) < 4.78 is 0. The Morgan fingerprint density at radius 2 is 1.71 bits per heavy atom. The topological polar surface area (TPSA) is 32.3 Å². The third-order valence-corrected chi connectivity index (χ3v) is 7.48. The van der Waals surface area contributed by atoms with Crippen molar-refractivity contribution in [2.45, 2.75) is 51.4 Å². The van der Waals surface area contributed by atoms with Crippen LogP contribution in [0.2, 0.25) is 0 Å². The lowest BCUT2D eigenvalue weighted by Crippen LogP contribution is -2.44. The van der Waals surface area contributed by atoms with Gasteiger partial charge in [-0.1, -0.05) is 37.1 Å². The fraction of sp³-hybridized carbons (Fsp3) is 0.542. The van der Waals surface area contributed by atoms with Crippen molar-refractivity contribution in [2.75, 3.05) is 27.2 Å². The van der Waals surface area contributed by atoms with Crippen LogP contribution < -0.4 is 5.32 Å². The fourth-order valence-electron chi connectivity index (χ4n) is 5.05. The van der Waals surface area contributed by atoms with Crippen molar-refractivity contribution in [2.24, 2.45) is 5.41 Å². The molecule has 1 N–H and O–H groups in total. The molecule has 4 rings (SSSR count). The lowest BCUT2D eigenvalue weighted by Gasteiger charge is -2.32. The third-order valence-electron chi connectivity index (χ3n) is 6.25. The average molecular weight is 397 g/mol. The second-order valence-corrected chi connectivity index (χ2v) is 10.2. The third kappa shape index (κ3) is 4.33. The standard InChI is InChI=1S/C24H32N2OS/c1-26(2)17-24(14-19-10-7-8-11-20(19)15-24)16-25-23(27)22-13-18-9-5-3-4-6-12-21(18)28-22/h7-8,10-11,13H,3-6,9,12,14-17H2,1-2H3,(H,25,27). The van der Waals surface area contributed by atoms with Crippen LogP contribution in [0.15, 0.2) is 30.3 Å². The molecule has 0 spiro atoms. The van der Waals surface area contributed by atoms with Crippen LogP contribution in [0.4, 0.5) is 0 Å². The van der Waals surface area contributed by atoms with Crippen molar-refractivity contribution < 1.29 is 4.79 Å². The highest BCUT2D eigenvalue weighted by molar-refractivity contribution is 7.14. The van der Waals surface area contributed by atoms with Crippen molar-refractivity contribution in [3.8, 4) is 0 Å². The quantitative estimate of drug-likeness (QED) is 0.808. The first-order chi connectivity index (χ1) is 13.5. The van der Waals surface area contributed by atoms with Gasteiger partial charge in [0.1, 0.15) is 0 Å². The Morgan fingerprint density at radius 1 is 1.04 bits per heavy atom. The maximum absolute atomic E-state index is 13.0. The fourth-order valence-corrected chi connectivity index (χ4v) is 6.22. The van der Waals surface area contributed by atoms with E-state index in [-0.39, 0.29) is 11.3 Å². The van der Waals surface area contributed by atoms with Gasteiger partial charge < -0.3 is 10.2 Å². The summed E-state index contributed by atoms with van der Waals surface area (Å²) in [5.41, 5.74) is 4.40. The number of rotatable bonds is 5. The second-order valence-electron chi connectivity index (χ2n) is 9.02. The minimum absolute atomic E-state index is 0.0919. The molecular weight excluding hydrogens is 364 g/mol. The molecule has 1 amide bonds. The summed E-state index contributed by atoms with van der Waals surface area (Å²) >= 11 is 1.73. The number of hydrogen-bond donors (Lipinski definition) is 1. The number of benzene rings is 1. The minimum atomic E-state index is 0.0919. The molecule has 1 heterocycles. The van der Waals surface area contributed by atoms with E-state index in [0.717, 1.165) is 43.6 Å². The van der Waals surface area contributed by atoms with Gasteiger partial charge in [-0.05, 0) is 75.4 Å². The first-order valence-corrected chi connectivity index (χ1v) is 11.5. The van der Waals surface area contributed by atoms with E-state index in [1.165, 1.54) is 47.3 Å². The number of hydrogen-bond acceptors (Lipinski definition) is 3. The molecule has 0 aliphatic heterocycles. The first kappa shape index (κ1) is 19.7. The zero-order chi connectivity index (χ0) is 19.6. The first-order valence-electron chi connectivity index (χ1n) is 10.7. The summed E-state index contributed by atoms with van der Waals surface area (Å²) in [6.45, 7) is 1.73. The smallest absolute Gasteiger partial charge is 0.261 e. The summed E-state index contributed by atoms with van der Waals surface area (Å²) in [6.07, 6.45) is 9.54. The molecule has 0 radical (unpaired) electrons. The highest BCUT2D eigenvalue weighted by atomic mass is 32.1. The molecule has 1 aromatic heterocycles. The van der Waals surface area contributed by atoms with Gasteiger partial charge in [-0.3, -0.25) is 4.79 Å². The van der Waals surface area contributed by atoms with Gasteiger partial charge in [0.2, 0.25) is 0 Å². The van der Waals surface area contributed by atoms with Gasteiger partial charge in [-0.15, -0.1) is 11.3 Å². The van der Waals surface area contributed by atoms with Gasteiger partial charge >= 0.3 is 0 Å². The largest absolute Gasteiger partial charge is 0.351 e. The molecule has 2 aliphatic carbocycles. The molecule has 3 nitrogen and oxygen atoms in total. The molecule has 0 fully saturated rings. The van der Waals surface area contributed by atoms with Gasteiger partial charge in [0.25, 0.3) is 5.91 Å². The molecule has 1 aromatic carbocycles. The minimum Gasteiger partial charge on any atom is -0.351 e. The number of aryl methyl sites for hydroxylation is 2. The van der Waals surface area contributed by atoms with Crippen LogP contribution in [-0.2, 0) is 25.7 Å². The Balaban J connectivity index is 1.46. The van der Waals surface area contributed by atoms with Crippen LogP contribution in [0.5, 0.6) is 0 Å². The van der Waals surface area contributed by atoms with Crippen LogP contribution in [0.25, 0.3) is 0 Å². The number of nitrogens with zero attached hydrogens (tertiary/aromatic N) is 1. The Kier molecular flexibility index (Phi) is 5.88. The predicted octanol–water partition coefficient (Wildman–Crippen LogP) is 4.48. The number of thiophene rings is 1. The van der Waals surface area contributed by atoms with Gasteiger partial charge in [-0.25, -0.2) is 0 Å². The molecule has 4 heteroatoms. The van der Waals surface area contributed by atoms with E-state index in [2.05, 4.69) is 54.6 Å². The van der Waals surface area contributed by atoms with Gasteiger partial charge in [0.05, 0.1) is 4.88 Å².